The van der Waals surface area contributed by atoms with E-state index in [1.54, 1.807) is 7.11 Å². The second-order valence-electron chi connectivity index (χ2n) is 5.78. The lowest BCUT2D eigenvalue weighted by Crippen LogP contribution is -2.26. The number of ether oxygens (including phenoxy) is 2. The number of carboxylic acid groups (broad SMARTS) is 1. The third-order valence-electron chi connectivity index (χ3n) is 3.71. The molecule has 1 unspecified atom stereocenters. The van der Waals surface area contributed by atoms with Crippen LogP contribution >= 0.6 is 11.8 Å². The average molecular weight is 393 g/mol. The van der Waals surface area contributed by atoms with Gasteiger partial charge < -0.3 is 19.9 Å². The van der Waals surface area contributed by atoms with Gasteiger partial charge in [0.1, 0.15) is 5.25 Å². The molecule has 146 valence electrons. The predicted molar refractivity (Wildman–Crippen MR) is 105 cm³/mol. The number of methoxy groups -OCH3 is 1. The number of amidine groups is 1. The third kappa shape index (κ3) is 6.28. The number of rotatable bonds is 10. The number of carbonyl (C=O) groups is 2. The van der Waals surface area contributed by atoms with Crippen molar-refractivity contribution in [1.82, 2.24) is 5.32 Å². The number of nitrogens with zero attached hydrogens (tertiary/aromatic N) is 2. The molecule has 1 aliphatic heterocycles. The lowest BCUT2D eigenvalue weighted by atomic mass is 10.2. The van der Waals surface area contributed by atoms with Crippen LogP contribution in [0.1, 0.15) is 38.2 Å². The van der Waals surface area contributed by atoms with Crippen LogP contribution in [0, 0.1) is 0 Å². The van der Waals surface area contributed by atoms with Crippen molar-refractivity contribution in [1.29, 1.82) is 0 Å². The molecular formula is C18H23N3O5S. The van der Waals surface area contributed by atoms with Crippen LogP contribution in [0.5, 0.6) is 11.5 Å². The SMILES string of the molecule is CCCCCOc1c(C=NN=C2NC(=O)C(CC(=O)O)S2)cccc1OC. The van der Waals surface area contributed by atoms with Crippen molar-refractivity contribution in [3.63, 3.8) is 0 Å². The van der Waals surface area contributed by atoms with Crippen LogP contribution in [-0.2, 0) is 9.59 Å². The molecule has 2 rings (SSSR count). The number of amides is 1. The van der Waals surface area contributed by atoms with E-state index < -0.39 is 11.2 Å². The molecule has 0 spiro atoms. The second-order valence-corrected chi connectivity index (χ2v) is 6.97. The summed E-state index contributed by atoms with van der Waals surface area (Å²) in [4.78, 5) is 22.4. The van der Waals surface area contributed by atoms with E-state index in [9.17, 15) is 9.59 Å². The van der Waals surface area contributed by atoms with Crippen molar-refractivity contribution in [3.8, 4) is 11.5 Å². The van der Waals surface area contributed by atoms with Gasteiger partial charge in [0.15, 0.2) is 16.7 Å². The van der Waals surface area contributed by atoms with Crippen LogP contribution in [0.2, 0.25) is 0 Å². The van der Waals surface area contributed by atoms with Gasteiger partial charge in [0.2, 0.25) is 5.91 Å². The van der Waals surface area contributed by atoms with Crippen LogP contribution in [-0.4, -0.2) is 47.3 Å². The maximum absolute atomic E-state index is 11.7. The molecule has 0 aromatic heterocycles. The summed E-state index contributed by atoms with van der Waals surface area (Å²) in [5, 5.41) is 18.9. The molecule has 0 saturated carbocycles. The van der Waals surface area contributed by atoms with E-state index in [4.69, 9.17) is 14.6 Å². The summed E-state index contributed by atoms with van der Waals surface area (Å²) < 4.78 is 11.2. The smallest absolute Gasteiger partial charge is 0.305 e. The Bertz CT molecular complexity index is 736. The number of nitrogens with one attached hydrogen (secondary N) is 1. The Morgan fingerprint density at radius 2 is 2.22 bits per heavy atom. The monoisotopic (exact) mass is 393 g/mol. The number of para-hydroxylation sites is 1. The molecule has 27 heavy (non-hydrogen) atoms. The van der Waals surface area contributed by atoms with Gasteiger partial charge in [-0.25, -0.2) is 0 Å². The Morgan fingerprint density at radius 1 is 1.41 bits per heavy atom. The molecule has 1 atom stereocenters. The van der Waals surface area contributed by atoms with E-state index in [0.717, 1.165) is 31.0 Å². The standard InChI is InChI=1S/C18H23N3O5S/c1-3-4-5-9-26-16-12(7-6-8-13(16)25-2)11-19-21-18-20-17(24)14(27-18)10-15(22)23/h6-8,11,14H,3-5,9-10H2,1-2H3,(H,22,23)(H,20,21,24). The first-order valence-corrected chi connectivity index (χ1v) is 9.53. The molecule has 2 N–H and O–H groups in total. The maximum Gasteiger partial charge on any atom is 0.305 e. The van der Waals surface area contributed by atoms with Crippen molar-refractivity contribution < 1.29 is 24.2 Å². The maximum atomic E-state index is 11.7. The van der Waals surface area contributed by atoms with Gasteiger partial charge in [0, 0.05) is 5.56 Å². The molecule has 1 aliphatic rings. The lowest BCUT2D eigenvalue weighted by Gasteiger charge is -2.12. The number of carboxylic acids is 1. The Labute approximate surface area is 162 Å². The molecule has 9 heteroatoms. The van der Waals surface area contributed by atoms with Crippen LogP contribution in [0.25, 0.3) is 0 Å². The molecule has 1 amide bonds. The van der Waals surface area contributed by atoms with E-state index >= 15 is 0 Å². The van der Waals surface area contributed by atoms with Gasteiger partial charge >= 0.3 is 5.97 Å². The second kappa shape index (κ2) is 10.6. The largest absolute Gasteiger partial charge is 0.493 e. The van der Waals surface area contributed by atoms with Crippen molar-refractivity contribution in [2.75, 3.05) is 13.7 Å². The minimum atomic E-state index is -1.03. The highest BCUT2D eigenvalue weighted by Gasteiger charge is 2.32. The lowest BCUT2D eigenvalue weighted by molar-refractivity contribution is -0.138. The van der Waals surface area contributed by atoms with Crippen molar-refractivity contribution in [2.45, 2.75) is 37.9 Å². The molecular weight excluding hydrogens is 370 g/mol. The number of hydrogen-bond acceptors (Lipinski definition) is 7. The van der Waals surface area contributed by atoms with Crippen LogP contribution in [0.15, 0.2) is 28.4 Å². The number of aliphatic carboxylic acids is 1. The highest BCUT2D eigenvalue weighted by molar-refractivity contribution is 8.15. The first kappa shape index (κ1) is 20.8. The van der Waals surface area contributed by atoms with Gasteiger partial charge in [-0.1, -0.05) is 37.6 Å². The normalized spacial score (nSPS) is 18.1. The van der Waals surface area contributed by atoms with E-state index in [2.05, 4.69) is 22.4 Å². The minimum Gasteiger partial charge on any atom is -0.493 e. The summed E-state index contributed by atoms with van der Waals surface area (Å²) in [5.41, 5.74) is 0.701. The van der Waals surface area contributed by atoms with Crippen LogP contribution in [0.4, 0.5) is 0 Å². The highest BCUT2D eigenvalue weighted by atomic mass is 32.2. The molecule has 0 radical (unpaired) electrons. The van der Waals surface area contributed by atoms with Gasteiger partial charge in [-0.05, 0) is 18.6 Å². The molecule has 1 saturated heterocycles. The van der Waals surface area contributed by atoms with E-state index in [1.807, 2.05) is 18.2 Å². The fourth-order valence-corrected chi connectivity index (χ4v) is 3.28. The molecule has 8 nitrogen and oxygen atoms in total. The van der Waals surface area contributed by atoms with Gasteiger partial charge in [-0.15, -0.1) is 5.10 Å². The average Bonchev–Trinajstić information content (AvgIpc) is 2.98. The number of benzene rings is 1. The predicted octanol–water partition coefficient (Wildman–Crippen LogP) is 2.66. The van der Waals surface area contributed by atoms with Crippen molar-refractivity contribution in [2.24, 2.45) is 10.2 Å². The number of unbranched alkanes of at least 4 members (excludes halogenated alkanes) is 2. The zero-order valence-electron chi connectivity index (χ0n) is 15.3. The number of hydrogen-bond donors (Lipinski definition) is 2. The Morgan fingerprint density at radius 3 is 2.93 bits per heavy atom. The van der Waals surface area contributed by atoms with Crippen LogP contribution in [0.3, 0.4) is 0 Å². The van der Waals surface area contributed by atoms with Gasteiger partial charge in [-0.2, -0.15) is 5.10 Å². The summed E-state index contributed by atoms with van der Waals surface area (Å²) in [6.07, 6.45) is 4.39. The van der Waals surface area contributed by atoms with Crippen molar-refractivity contribution >= 4 is 35.0 Å². The van der Waals surface area contributed by atoms with Crippen LogP contribution < -0.4 is 14.8 Å². The zero-order chi connectivity index (χ0) is 19.6. The highest BCUT2D eigenvalue weighted by Crippen LogP contribution is 2.30. The van der Waals surface area contributed by atoms with E-state index in [1.165, 1.54) is 6.21 Å². The van der Waals surface area contributed by atoms with E-state index in [0.29, 0.717) is 23.7 Å². The Kier molecular flexibility index (Phi) is 8.12. The molecule has 0 aliphatic carbocycles. The molecule has 1 aromatic rings. The van der Waals surface area contributed by atoms with Gasteiger partial charge in [-0.3, -0.25) is 9.59 Å². The summed E-state index contributed by atoms with van der Waals surface area (Å²) >= 11 is 1.05. The Balaban J connectivity index is 2.07. The summed E-state index contributed by atoms with van der Waals surface area (Å²) in [6, 6.07) is 5.46. The first-order valence-electron chi connectivity index (χ1n) is 8.65. The molecule has 1 fully saturated rings. The summed E-state index contributed by atoms with van der Waals surface area (Å²) in [7, 11) is 1.57. The van der Waals surface area contributed by atoms with Gasteiger partial charge in [0.25, 0.3) is 0 Å². The summed E-state index contributed by atoms with van der Waals surface area (Å²) in [5.74, 6) is -0.216. The summed E-state index contributed by atoms with van der Waals surface area (Å²) in [6.45, 7) is 2.70. The van der Waals surface area contributed by atoms with Crippen molar-refractivity contribution in [3.05, 3.63) is 23.8 Å². The quantitative estimate of drug-likeness (QED) is 0.359. The fraction of sp³-hybridized carbons (Fsp3) is 0.444. The number of thioether (sulfide) groups is 1. The van der Waals surface area contributed by atoms with E-state index in [-0.39, 0.29) is 17.5 Å². The molecule has 1 heterocycles. The van der Waals surface area contributed by atoms with Gasteiger partial charge in [0.05, 0.1) is 26.4 Å². The fourth-order valence-electron chi connectivity index (χ4n) is 2.36. The topological polar surface area (TPSA) is 110 Å². The zero-order valence-corrected chi connectivity index (χ0v) is 16.1. The minimum absolute atomic E-state index is 0.259. The Hall–Kier alpha value is -2.55. The molecule has 0 bridgehead atoms. The molecule has 1 aromatic carbocycles. The first-order chi connectivity index (χ1) is 13.0. The number of carbonyl (C=O) groups excluding carboxylic acids is 1. The third-order valence-corrected chi connectivity index (χ3v) is 4.78.